The summed E-state index contributed by atoms with van der Waals surface area (Å²) in [5, 5.41) is 2.75. The zero-order valence-electron chi connectivity index (χ0n) is 20.7. The molecule has 2 aromatic carbocycles. The van der Waals surface area contributed by atoms with Gasteiger partial charge in [0.05, 0.1) is 42.0 Å². The fraction of sp³-hybridized carbons (Fsp3) is 0.440. The molecule has 1 atom stereocenters. The average Bonchev–Trinajstić information content (AvgIpc) is 3.09. The number of aromatic nitrogens is 2. The number of halogens is 6. The summed E-state index contributed by atoms with van der Waals surface area (Å²) in [7, 11) is 1.50. The summed E-state index contributed by atoms with van der Waals surface area (Å²) in [5.41, 5.74) is -2.64. The van der Waals surface area contributed by atoms with Gasteiger partial charge in [0.25, 0.3) is 0 Å². The van der Waals surface area contributed by atoms with Crippen molar-refractivity contribution in [2.75, 3.05) is 57.2 Å². The van der Waals surface area contributed by atoms with E-state index in [-0.39, 0.29) is 47.1 Å². The summed E-state index contributed by atoms with van der Waals surface area (Å²) in [6.07, 6.45) is -5.50. The van der Waals surface area contributed by atoms with Crippen LogP contribution in [-0.4, -0.2) is 67.9 Å². The molecule has 1 fully saturated rings. The van der Waals surface area contributed by atoms with Crippen LogP contribution in [-0.2, 0) is 22.2 Å². The van der Waals surface area contributed by atoms with Gasteiger partial charge in [-0.2, -0.15) is 18.2 Å². The maximum atomic E-state index is 15.1. The van der Waals surface area contributed by atoms with Crippen molar-refractivity contribution in [2.24, 2.45) is 0 Å². The van der Waals surface area contributed by atoms with Gasteiger partial charge in [-0.25, -0.2) is 13.6 Å². The van der Waals surface area contributed by atoms with E-state index >= 15 is 4.39 Å². The largest absolute Gasteiger partial charge is 0.417 e. The lowest BCUT2D eigenvalue weighted by molar-refractivity contribution is -0.137. The van der Waals surface area contributed by atoms with Gasteiger partial charge in [-0.3, -0.25) is 4.57 Å². The molecule has 1 aromatic heterocycles. The predicted molar refractivity (Wildman–Crippen MR) is 139 cm³/mol. The first-order chi connectivity index (χ1) is 18.6. The van der Waals surface area contributed by atoms with Crippen LogP contribution in [0.5, 0.6) is 0 Å². The van der Waals surface area contributed by atoms with Crippen LogP contribution < -0.4 is 15.9 Å². The van der Waals surface area contributed by atoms with Gasteiger partial charge in [-0.15, -0.1) is 11.8 Å². The van der Waals surface area contributed by atoms with E-state index < -0.39 is 51.3 Å². The molecule has 3 aromatic rings. The minimum atomic E-state index is -4.92. The molecule has 2 aliphatic heterocycles. The molecule has 1 N–H and O–H groups in total. The molecular weight excluding hydrogens is 567 g/mol. The highest BCUT2D eigenvalue weighted by Crippen LogP contribution is 2.49. The Hall–Kier alpha value is -2.45. The predicted octanol–water partition coefficient (Wildman–Crippen LogP) is 4.56. The molecule has 3 heterocycles. The summed E-state index contributed by atoms with van der Waals surface area (Å²) in [4.78, 5) is 19.4. The van der Waals surface area contributed by atoms with Crippen molar-refractivity contribution in [1.29, 1.82) is 0 Å². The van der Waals surface area contributed by atoms with E-state index in [4.69, 9.17) is 21.1 Å². The molecule has 0 spiro atoms. The lowest BCUT2D eigenvalue weighted by Crippen LogP contribution is -2.45. The van der Waals surface area contributed by atoms with Gasteiger partial charge in [0.1, 0.15) is 17.5 Å². The van der Waals surface area contributed by atoms with Crippen molar-refractivity contribution < 1.29 is 31.4 Å². The van der Waals surface area contributed by atoms with Crippen molar-refractivity contribution in [3.05, 3.63) is 50.9 Å². The topological polar surface area (TPSA) is 68.6 Å². The number of rotatable bonds is 6. The molecule has 1 saturated heterocycles. The molecule has 0 saturated carbocycles. The van der Waals surface area contributed by atoms with Crippen LogP contribution in [0.1, 0.15) is 5.56 Å². The van der Waals surface area contributed by atoms with E-state index in [0.717, 1.165) is 23.9 Å². The molecule has 2 aliphatic rings. The number of ether oxygens (including phenoxy) is 2. The van der Waals surface area contributed by atoms with Crippen LogP contribution in [0, 0.1) is 11.6 Å². The van der Waals surface area contributed by atoms with E-state index in [0.29, 0.717) is 32.2 Å². The molecule has 5 rings (SSSR count). The SMILES string of the molecule is COCCO[C@@H]1CSc2c(-c3cc(Cl)c(F)cc3F)c(C(F)(F)F)cc3c(N4CCNCC4)nc(=O)n(c23)C1. The Bertz CT molecular complexity index is 1460. The summed E-state index contributed by atoms with van der Waals surface area (Å²) >= 11 is 6.92. The van der Waals surface area contributed by atoms with Crippen LogP contribution in [0.25, 0.3) is 22.0 Å². The maximum absolute atomic E-state index is 15.1. The Kier molecular flexibility index (Phi) is 8.07. The van der Waals surface area contributed by atoms with Gasteiger partial charge in [-0.05, 0) is 12.1 Å². The lowest BCUT2D eigenvalue weighted by Gasteiger charge is -2.30. The van der Waals surface area contributed by atoms with Crippen LogP contribution in [0.3, 0.4) is 0 Å². The number of anilines is 1. The molecule has 0 unspecified atom stereocenters. The number of nitrogens with one attached hydrogen (secondary N) is 1. The number of hydrogen-bond donors (Lipinski definition) is 1. The summed E-state index contributed by atoms with van der Waals surface area (Å²) in [6, 6.07) is 2.20. The van der Waals surface area contributed by atoms with E-state index in [9.17, 15) is 22.4 Å². The molecule has 0 radical (unpaired) electrons. The molecule has 7 nitrogen and oxygen atoms in total. The number of benzene rings is 2. The second kappa shape index (κ2) is 11.2. The Labute approximate surface area is 229 Å². The highest BCUT2D eigenvalue weighted by molar-refractivity contribution is 7.99. The van der Waals surface area contributed by atoms with Crippen LogP contribution in [0.4, 0.5) is 27.8 Å². The molecule has 0 amide bonds. The highest BCUT2D eigenvalue weighted by Gasteiger charge is 2.39. The third kappa shape index (κ3) is 5.47. The average molecular weight is 591 g/mol. The van der Waals surface area contributed by atoms with Crippen molar-refractivity contribution >= 4 is 40.1 Å². The highest BCUT2D eigenvalue weighted by atomic mass is 35.5. The Morgan fingerprint density at radius 2 is 1.90 bits per heavy atom. The third-order valence-corrected chi connectivity index (χ3v) is 8.15. The summed E-state index contributed by atoms with van der Waals surface area (Å²) in [6.45, 7) is 2.49. The third-order valence-electron chi connectivity index (χ3n) is 6.64. The molecule has 14 heteroatoms. The van der Waals surface area contributed by atoms with Crippen molar-refractivity contribution in [3.8, 4) is 11.1 Å². The molecule has 210 valence electrons. The number of alkyl halides is 3. The molecular formula is C25H24ClF5N4O3S. The number of methoxy groups -OCH3 is 1. The number of hydrogen-bond acceptors (Lipinski definition) is 7. The Morgan fingerprint density at radius 1 is 1.15 bits per heavy atom. The van der Waals surface area contributed by atoms with Gasteiger partial charge < -0.3 is 19.7 Å². The van der Waals surface area contributed by atoms with Crippen LogP contribution in [0.15, 0.2) is 27.9 Å². The number of nitrogens with zero attached hydrogens (tertiary/aromatic N) is 3. The van der Waals surface area contributed by atoms with E-state index in [1.54, 1.807) is 4.90 Å². The van der Waals surface area contributed by atoms with E-state index in [1.807, 2.05) is 0 Å². The second-order valence-electron chi connectivity index (χ2n) is 9.13. The Morgan fingerprint density at radius 3 is 2.59 bits per heavy atom. The smallest absolute Gasteiger partial charge is 0.382 e. The van der Waals surface area contributed by atoms with Gasteiger partial charge >= 0.3 is 11.9 Å². The van der Waals surface area contributed by atoms with Crippen molar-refractivity contribution in [1.82, 2.24) is 14.9 Å². The fourth-order valence-corrected chi connectivity index (χ4v) is 6.30. The number of thioether (sulfide) groups is 1. The van der Waals surface area contributed by atoms with E-state index in [1.165, 1.54) is 11.7 Å². The first-order valence-electron chi connectivity index (χ1n) is 12.1. The maximum Gasteiger partial charge on any atom is 0.417 e. The monoisotopic (exact) mass is 590 g/mol. The van der Waals surface area contributed by atoms with Crippen LogP contribution >= 0.6 is 23.4 Å². The zero-order valence-corrected chi connectivity index (χ0v) is 22.3. The van der Waals surface area contributed by atoms with Gasteiger partial charge in [0.2, 0.25) is 0 Å². The van der Waals surface area contributed by atoms with Crippen molar-refractivity contribution in [3.63, 3.8) is 0 Å². The molecule has 39 heavy (non-hydrogen) atoms. The van der Waals surface area contributed by atoms with Crippen LogP contribution in [0.2, 0.25) is 5.02 Å². The zero-order chi connectivity index (χ0) is 27.9. The lowest BCUT2D eigenvalue weighted by atomic mass is 9.95. The fourth-order valence-electron chi connectivity index (χ4n) is 4.86. The molecule has 0 bridgehead atoms. The Balaban J connectivity index is 1.84. The minimum absolute atomic E-state index is 0.0192. The first-order valence-corrected chi connectivity index (χ1v) is 13.5. The number of piperazine rings is 1. The normalized spacial score (nSPS) is 18.0. The quantitative estimate of drug-likeness (QED) is 0.256. The second-order valence-corrected chi connectivity index (χ2v) is 10.6. The van der Waals surface area contributed by atoms with Gasteiger partial charge in [0.15, 0.2) is 0 Å². The molecule has 0 aliphatic carbocycles. The summed E-state index contributed by atoms with van der Waals surface area (Å²) in [5.74, 6) is -2.02. The summed E-state index contributed by atoms with van der Waals surface area (Å²) < 4.78 is 85.3. The van der Waals surface area contributed by atoms with Gasteiger partial charge in [0, 0.05) is 66.5 Å². The van der Waals surface area contributed by atoms with E-state index in [2.05, 4.69) is 10.3 Å². The van der Waals surface area contributed by atoms with Gasteiger partial charge in [-0.1, -0.05) is 11.6 Å². The standard InChI is InChI=1S/C25H24ClF5N4O3S/c1-37-6-7-38-13-11-35-21-15(23(33-24(35)36)34-4-2-32-3-5-34)8-16(25(29,30)31)20(22(21)39-12-13)14-9-17(26)19(28)10-18(14)27/h8-10,13,32H,2-7,11-12H2,1H3/t13-/m0/s1. The first kappa shape index (κ1) is 28.1. The minimum Gasteiger partial charge on any atom is -0.382 e. The van der Waals surface area contributed by atoms with Crippen molar-refractivity contribution in [2.45, 2.75) is 23.7 Å².